The normalized spacial score (nSPS) is 15.1. The van der Waals surface area contributed by atoms with Gasteiger partial charge in [0, 0.05) is 24.8 Å². The van der Waals surface area contributed by atoms with Gasteiger partial charge < -0.3 is 15.4 Å². The van der Waals surface area contributed by atoms with Crippen molar-refractivity contribution in [1.82, 2.24) is 15.6 Å². The van der Waals surface area contributed by atoms with Crippen LogP contribution < -0.4 is 15.4 Å². The first kappa shape index (κ1) is 18.2. The largest absolute Gasteiger partial charge is 0.439 e. The van der Waals surface area contributed by atoms with Crippen LogP contribution in [-0.2, 0) is 6.54 Å². The summed E-state index contributed by atoms with van der Waals surface area (Å²) >= 11 is 0. The maximum absolute atomic E-state index is 12.9. The minimum absolute atomic E-state index is 0.291. The fourth-order valence-corrected chi connectivity index (χ4v) is 2.94. The molecule has 138 valence electrons. The summed E-state index contributed by atoms with van der Waals surface area (Å²) < 4.78 is 18.5. The Balaban J connectivity index is 1.57. The van der Waals surface area contributed by atoms with Gasteiger partial charge in [-0.3, -0.25) is 0 Å². The van der Waals surface area contributed by atoms with Crippen molar-refractivity contribution >= 4 is 5.96 Å². The number of benzene rings is 1. The van der Waals surface area contributed by atoms with Gasteiger partial charge >= 0.3 is 0 Å². The van der Waals surface area contributed by atoms with E-state index in [2.05, 4.69) is 27.5 Å². The molecule has 1 fully saturated rings. The Morgan fingerprint density at radius 2 is 1.96 bits per heavy atom. The quantitative estimate of drug-likeness (QED) is 0.606. The number of guanidine groups is 1. The molecule has 1 aliphatic carbocycles. The third kappa shape index (κ3) is 5.44. The molecule has 1 saturated carbocycles. The van der Waals surface area contributed by atoms with Crippen LogP contribution in [-0.4, -0.2) is 23.5 Å². The summed E-state index contributed by atoms with van der Waals surface area (Å²) in [6, 6.07) is 10.1. The number of rotatable bonds is 6. The highest BCUT2D eigenvalue weighted by molar-refractivity contribution is 5.80. The molecular formula is C20H25FN4O. The van der Waals surface area contributed by atoms with Crippen LogP contribution >= 0.6 is 0 Å². The van der Waals surface area contributed by atoms with Gasteiger partial charge in [0.25, 0.3) is 0 Å². The minimum atomic E-state index is -0.291. The fourth-order valence-electron chi connectivity index (χ4n) is 2.94. The van der Waals surface area contributed by atoms with Gasteiger partial charge in [-0.05, 0) is 49.6 Å². The van der Waals surface area contributed by atoms with Gasteiger partial charge in [0.1, 0.15) is 11.6 Å². The van der Waals surface area contributed by atoms with Gasteiger partial charge in [0.15, 0.2) is 5.96 Å². The lowest BCUT2D eigenvalue weighted by Gasteiger charge is -2.16. The van der Waals surface area contributed by atoms with E-state index in [1.54, 1.807) is 24.4 Å². The number of ether oxygens (including phenoxy) is 1. The van der Waals surface area contributed by atoms with Crippen molar-refractivity contribution in [1.29, 1.82) is 0 Å². The Kier molecular flexibility index (Phi) is 6.41. The molecule has 0 spiro atoms. The smallest absolute Gasteiger partial charge is 0.219 e. The highest BCUT2D eigenvalue weighted by Crippen LogP contribution is 2.20. The Morgan fingerprint density at radius 3 is 2.62 bits per heavy atom. The lowest BCUT2D eigenvalue weighted by atomic mass is 10.2. The summed E-state index contributed by atoms with van der Waals surface area (Å²) in [6.07, 6.45) is 6.75. The second-order valence-corrected chi connectivity index (χ2v) is 6.38. The number of nitrogens with one attached hydrogen (secondary N) is 2. The van der Waals surface area contributed by atoms with Crippen molar-refractivity contribution in [2.75, 3.05) is 6.54 Å². The minimum Gasteiger partial charge on any atom is -0.439 e. The highest BCUT2D eigenvalue weighted by Gasteiger charge is 2.15. The van der Waals surface area contributed by atoms with Crippen molar-refractivity contribution in [3.63, 3.8) is 0 Å². The van der Waals surface area contributed by atoms with Gasteiger partial charge in [-0.25, -0.2) is 14.4 Å². The van der Waals surface area contributed by atoms with Crippen LogP contribution in [0, 0.1) is 5.82 Å². The summed E-state index contributed by atoms with van der Waals surface area (Å²) in [4.78, 5) is 8.94. The lowest BCUT2D eigenvalue weighted by molar-refractivity contribution is 0.461. The predicted octanol–water partition coefficient (Wildman–Crippen LogP) is 4.01. The first-order valence-electron chi connectivity index (χ1n) is 9.16. The molecule has 1 aliphatic rings. The van der Waals surface area contributed by atoms with Crippen LogP contribution in [0.25, 0.3) is 0 Å². The molecule has 1 aromatic heterocycles. The number of hydrogen-bond acceptors (Lipinski definition) is 3. The van der Waals surface area contributed by atoms with E-state index in [0.29, 0.717) is 24.2 Å². The Morgan fingerprint density at radius 1 is 1.19 bits per heavy atom. The molecule has 0 aliphatic heterocycles. The topological polar surface area (TPSA) is 58.5 Å². The molecule has 0 amide bonds. The molecule has 0 unspecified atom stereocenters. The Hall–Kier alpha value is -2.63. The second kappa shape index (κ2) is 9.17. The van der Waals surface area contributed by atoms with Crippen molar-refractivity contribution in [2.24, 2.45) is 4.99 Å². The van der Waals surface area contributed by atoms with E-state index >= 15 is 0 Å². The van der Waals surface area contributed by atoms with Crippen LogP contribution in [0.5, 0.6) is 11.6 Å². The molecule has 1 aromatic carbocycles. The third-order valence-electron chi connectivity index (χ3n) is 4.29. The standard InChI is InChI=1S/C20H25FN4O/c1-2-22-20(25-17-5-3-4-6-17)24-14-15-7-12-19(23-13-15)26-18-10-8-16(21)9-11-18/h7-13,17H,2-6,14H2,1H3,(H2,22,24,25). The van der Waals surface area contributed by atoms with Crippen molar-refractivity contribution in [3.05, 3.63) is 54.0 Å². The first-order valence-corrected chi connectivity index (χ1v) is 9.16. The Bertz CT molecular complexity index is 710. The van der Waals surface area contributed by atoms with E-state index in [9.17, 15) is 4.39 Å². The molecular weight excluding hydrogens is 331 g/mol. The van der Waals surface area contributed by atoms with Gasteiger partial charge in [-0.15, -0.1) is 0 Å². The van der Waals surface area contributed by atoms with Crippen LogP contribution in [0.2, 0.25) is 0 Å². The zero-order chi connectivity index (χ0) is 18.2. The van der Waals surface area contributed by atoms with Gasteiger partial charge in [-0.1, -0.05) is 18.9 Å². The molecule has 6 heteroatoms. The van der Waals surface area contributed by atoms with Crippen LogP contribution in [0.15, 0.2) is 47.6 Å². The number of halogens is 1. The summed E-state index contributed by atoms with van der Waals surface area (Å²) in [5.74, 6) is 1.59. The molecule has 3 rings (SSSR count). The number of nitrogens with zero attached hydrogens (tertiary/aromatic N) is 2. The van der Waals surface area contributed by atoms with Crippen molar-refractivity contribution < 1.29 is 9.13 Å². The van der Waals surface area contributed by atoms with Crippen LogP contribution in [0.3, 0.4) is 0 Å². The van der Waals surface area contributed by atoms with E-state index in [1.807, 2.05) is 6.07 Å². The molecule has 2 N–H and O–H groups in total. The number of aliphatic imine (C=N–C) groups is 1. The number of pyridine rings is 1. The average Bonchev–Trinajstić information content (AvgIpc) is 3.16. The predicted molar refractivity (Wildman–Crippen MR) is 101 cm³/mol. The van der Waals surface area contributed by atoms with Gasteiger partial charge in [0.2, 0.25) is 5.88 Å². The maximum Gasteiger partial charge on any atom is 0.219 e. The average molecular weight is 356 g/mol. The van der Waals surface area contributed by atoms with E-state index in [1.165, 1.54) is 37.8 Å². The Labute approximate surface area is 153 Å². The van der Waals surface area contributed by atoms with Crippen molar-refractivity contribution in [2.45, 2.75) is 45.2 Å². The molecule has 0 atom stereocenters. The summed E-state index contributed by atoms with van der Waals surface area (Å²) in [5, 5.41) is 6.79. The fraction of sp³-hybridized carbons (Fsp3) is 0.400. The van der Waals surface area contributed by atoms with E-state index in [0.717, 1.165) is 18.1 Å². The molecule has 0 bridgehead atoms. The number of aromatic nitrogens is 1. The molecule has 5 nitrogen and oxygen atoms in total. The van der Waals surface area contributed by atoms with E-state index < -0.39 is 0 Å². The summed E-state index contributed by atoms with van der Waals surface area (Å²) in [6.45, 7) is 3.45. The highest BCUT2D eigenvalue weighted by atomic mass is 19.1. The summed E-state index contributed by atoms with van der Waals surface area (Å²) in [7, 11) is 0. The lowest BCUT2D eigenvalue weighted by Crippen LogP contribution is -2.42. The van der Waals surface area contributed by atoms with Crippen molar-refractivity contribution in [3.8, 4) is 11.6 Å². The van der Waals surface area contributed by atoms with E-state index in [-0.39, 0.29) is 5.82 Å². The molecule has 0 radical (unpaired) electrons. The van der Waals surface area contributed by atoms with Gasteiger partial charge in [0.05, 0.1) is 6.54 Å². The molecule has 1 heterocycles. The SMILES string of the molecule is CCNC(=NCc1ccc(Oc2ccc(F)cc2)nc1)NC1CCCC1. The molecule has 26 heavy (non-hydrogen) atoms. The zero-order valence-corrected chi connectivity index (χ0v) is 15.0. The van der Waals surface area contributed by atoms with E-state index in [4.69, 9.17) is 4.74 Å². The monoisotopic (exact) mass is 356 g/mol. The van der Waals surface area contributed by atoms with Gasteiger partial charge in [-0.2, -0.15) is 0 Å². The third-order valence-corrected chi connectivity index (χ3v) is 4.29. The zero-order valence-electron chi connectivity index (χ0n) is 15.0. The molecule has 2 aromatic rings. The second-order valence-electron chi connectivity index (χ2n) is 6.38. The van der Waals surface area contributed by atoms with Crippen LogP contribution in [0.1, 0.15) is 38.2 Å². The summed E-state index contributed by atoms with van der Waals surface area (Å²) in [5.41, 5.74) is 1.00. The maximum atomic E-state index is 12.9. The molecule has 0 saturated heterocycles. The number of hydrogen-bond donors (Lipinski definition) is 2. The first-order chi connectivity index (χ1) is 12.7. The van der Waals surface area contributed by atoms with Crippen LogP contribution in [0.4, 0.5) is 4.39 Å².